The van der Waals surface area contributed by atoms with Gasteiger partial charge in [-0.15, -0.1) is 11.3 Å². The summed E-state index contributed by atoms with van der Waals surface area (Å²) in [7, 11) is 0. The van der Waals surface area contributed by atoms with Crippen LogP contribution in [0.4, 0.5) is 14.6 Å². The van der Waals surface area contributed by atoms with Gasteiger partial charge in [-0.3, -0.25) is 5.10 Å². The van der Waals surface area contributed by atoms with Crippen LogP contribution >= 0.6 is 11.3 Å². The standard InChI is InChI=1S/C13H10F2N4S/c1-6-17-5-10(20-6)12-11(13(16)19-18-12)8-3-2-7(14)4-9(8)15/h2-5H,1H3,(H3,16,18,19). The monoisotopic (exact) mass is 292 g/mol. The van der Waals surface area contributed by atoms with Crippen molar-refractivity contribution in [1.82, 2.24) is 15.2 Å². The number of aromatic nitrogens is 3. The van der Waals surface area contributed by atoms with Crippen molar-refractivity contribution < 1.29 is 8.78 Å². The van der Waals surface area contributed by atoms with Crippen LogP contribution in [0, 0.1) is 18.6 Å². The summed E-state index contributed by atoms with van der Waals surface area (Å²) in [5.74, 6) is -1.15. The first-order valence-corrected chi connectivity index (χ1v) is 6.60. The van der Waals surface area contributed by atoms with E-state index < -0.39 is 11.6 Å². The maximum atomic E-state index is 13.9. The van der Waals surface area contributed by atoms with E-state index in [4.69, 9.17) is 5.73 Å². The number of rotatable bonds is 2. The van der Waals surface area contributed by atoms with E-state index in [1.807, 2.05) is 6.92 Å². The van der Waals surface area contributed by atoms with E-state index in [1.165, 1.54) is 23.5 Å². The maximum absolute atomic E-state index is 13.9. The molecule has 0 aliphatic rings. The van der Waals surface area contributed by atoms with Crippen molar-refractivity contribution in [1.29, 1.82) is 0 Å². The van der Waals surface area contributed by atoms with Gasteiger partial charge in [-0.25, -0.2) is 13.8 Å². The zero-order valence-corrected chi connectivity index (χ0v) is 11.3. The normalized spacial score (nSPS) is 10.9. The fraction of sp³-hybridized carbons (Fsp3) is 0.0769. The van der Waals surface area contributed by atoms with E-state index in [9.17, 15) is 8.78 Å². The molecule has 0 aliphatic heterocycles. The average Bonchev–Trinajstić information content (AvgIpc) is 2.96. The van der Waals surface area contributed by atoms with Crippen LogP contribution in [-0.4, -0.2) is 15.2 Å². The number of hydrogen-bond acceptors (Lipinski definition) is 4. The van der Waals surface area contributed by atoms with Gasteiger partial charge in [0.15, 0.2) is 5.82 Å². The Morgan fingerprint density at radius 3 is 2.75 bits per heavy atom. The number of H-pyrrole nitrogens is 1. The topological polar surface area (TPSA) is 67.6 Å². The second-order valence-corrected chi connectivity index (χ2v) is 5.46. The minimum absolute atomic E-state index is 0.163. The third kappa shape index (κ3) is 2.05. The first kappa shape index (κ1) is 12.7. The molecule has 0 amide bonds. The number of halogens is 2. The first-order chi connectivity index (χ1) is 9.56. The third-order valence-electron chi connectivity index (χ3n) is 2.86. The predicted octanol–water partition coefficient (Wildman–Crippen LogP) is 3.37. The van der Waals surface area contributed by atoms with Crippen LogP contribution in [0.25, 0.3) is 21.7 Å². The van der Waals surface area contributed by atoms with Crippen molar-refractivity contribution in [2.45, 2.75) is 6.92 Å². The average molecular weight is 292 g/mol. The molecule has 3 N–H and O–H groups in total. The molecule has 0 aliphatic carbocycles. The Balaban J connectivity index is 2.21. The second-order valence-electron chi connectivity index (χ2n) is 4.23. The number of benzene rings is 1. The number of nitrogen functional groups attached to an aromatic ring is 1. The molecule has 20 heavy (non-hydrogen) atoms. The summed E-state index contributed by atoms with van der Waals surface area (Å²) in [6.07, 6.45) is 1.66. The molecule has 2 heterocycles. The summed E-state index contributed by atoms with van der Waals surface area (Å²) in [4.78, 5) is 4.95. The van der Waals surface area contributed by atoms with Gasteiger partial charge in [-0.1, -0.05) is 0 Å². The van der Waals surface area contributed by atoms with Crippen LogP contribution in [0.3, 0.4) is 0 Å². The molecule has 0 spiro atoms. The number of thiazole rings is 1. The Kier molecular flexibility index (Phi) is 2.98. The molecule has 0 unspecified atom stereocenters. The van der Waals surface area contributed by atoms with Crippen molar-refractivity contribution in [3.8, 4) is 21.7 Å². The van der Waals surface area contributed by atoms with Gasteiger partial charge < -0.3 is 5.73 Å². The Labute approximate surface area is 117 Å². The van der Waals surface area contributed by atoms with E-state index in [1.54, 1.807) is 6.20 Å². The number of nitrogens with zero attached hydrogens (tertiary/aromatic N) is 2. The molecule has 0 radical (unpaired) electrons. The van der Waals surface area contributed by atoms with Crippen LogP contribution in [0.5, 0.6) is 0 Å². The smallest absolute Gasteiger partial charge is 0.153 e. The lowest BCUT2D eigenvalue weighted by atomic mass is 10.0. The lowest BCUT2D eigenvalue weighted by molar-refractivity contribution is 0.585. The van der Waals surface area contributed by atoms with Gasteiger partial charge in [0, 0.05) is 17.8 Å². The van der Waals surface area contributed by atoms with E-state index in [0.29, 0.717) is 11.3 Å². The highest BCUT2D eigenvalue weighted by molar-refractivity contribution is 7.15. The molecule has 102 valence electrons. The number of anilines is 1. The molecule has 7 heteroatoms. The summed E-state index contributed by atoms with van der Waals surface area (Å²) in [5, 5.41) is 7.57. The van der Waals surface area contributed by atoms with E-state index in [2.05, 4.69) is 15.2 Å². The molecule has 1 aromatic carbocycles. The Hall–Kier alpha value is -2.28. The number of nitrogens with one attached hydrogen (secondary N) is 1. The number of aromatic amines is 1. The van der Waals surface area contributed by atoms with E-state index in [-0.39, 0.29) is 11.4 Å². The van der Waals surface area contributed by atoms with E-state index in [0.717, 1.165) is 16.0 Å². The zero-order valence-electron chi connectivity index (χ0n) is 10.4. The van der Waals surface area contributed by atoms with Crippen molar-refractivity contribution in [3.63, 3.8) is 0 Å². The van der Waals surface area contributed by atoms with Crippen LogP contribution in [0.2, 0.25) is 0 Å². The molecular formula is C13H10F2N4S. The molecule has 2 aromatic heterocycles. The highest BCUT2D eigenvalue weighted by Crippen LogP contribution is 2.38. The van der Waals surface area contributed by atoms with Crippen molar-refractivity contribution in [2.75, 3.05) is 5.73 Å². The number of hydrogen-bond donors (Lipinski definition) is 2. The molecule has 3 aromatic rings. The fourth-order valence-corrected chi connectivity index (χ4v) is 2.75. The predicted molar refractivity (Wildman–Crippen MR) is 74.2 cm³/mol. The Bertz CT molecular complexity index is 779. The molecule has 0 atom stereocenters. The Morgan fingerprint density at radius 1 is 1.30 bits per heavy atom. The largest absolute Gasteiger partial charge is 0.382 e. The van der Waals surface area contributed by atoms with Crippen LogP contribution in [0.1, 0.15) is 5.01 Å². The summed E-state index contributed by atoms with van der Waals surface area (Å²) < 4.78 is 27.0. The lowest BCUT2D eigenvalue weighted by Crippen LogP contribution is -1.92. The highest BCUT2D eigenvalue weighted by atomic mass is 32.1. The van der Waals surface area contributed by atoms with Crippen LogP contribution in [-0.2, 0) is 0 Å². The minimum Gasteiger partial charge on any atom is -0.382 e. The molecule has 0 saturated heterocycles. The van der Waals surface area contributed by atoms with Gasteiger partial charge in [-0.2, -0.15) is 5.10 Å². The number of nitrogens with two attached hydrogens (primary N) is 1. The molecule has 0 saturated carbocycles. The third-order valence-corrected chi connectivity index (χ3v) is 3.79. The summed E-state index contributed by atoms with van der Waals surface area (Å²) >= 11 is 1.44. The van der Waals surface area contributed by atoms with Gasteiger partial charge in [-0.05, 0) is 19.1 Å². The molecule has 0 fully saturated rings. The molecule has 3 rings (SSSR count). The van der Waals surface area contributed by atoms with Gasteiger partial charge in [0.1, 0.15) is 11.6 Å². The zero-order chi connectivity index (χ0) is 14.3. The van der Waals surface area contributed by atoms with Crippen LogP contribution in [0.15, 0.2) is 24.4 Å². The quantitative estimate of drug-likeness (QED) is 0.761. The SMILES string of the molecule is Cc1ncc(-c2[nH]nc(N)c2-c2ccc(F)cc2F)s1. The maximum Gasteiger partial charge on any atom is 0.153 e. The summed E-state index contributed by atoms with van der Waals surface area (Å²) in [6.45, 7) is 1.87. The summed E-state index contributed by atoms with van der Waals surface area (Å²) in [6, 6.07) is 3.36. The Morgan fingerprint density at radius 2 is 2.10 bits per heavy atom. The molecular weight excluding hydrogens is 282 g/mol. The highest BCUT2D eigenvalue weighted by Gasteiger charge is 2.19. The van der Waals surface area contributed by atoms with Crippen molar-refractivity contribution in [2.24, 2.45) is 0 Å². The van der Waals surface area contributed by atoms with Crippen molar-refractivity contribution >= 4 is 17.2 Å². The molecule has 0 bridgehead atoms. The first-order valence-electron chi connectivity index (χ1n) is 5.78. The summed E-state index contributed by atoms with van der Waals surface area (Å²) in [5.41, 5.74) is 7.02. The van der Waals surface area contributed by atoms with E-state index >= 15 is 0 Å². The minimum atomic E-state index is -0.680. The second kappa shape index (κ2) is 4.68. The van der Waals surface area contributed by atoms with Gasteiger partial charge >= 0.3 is 0 Å². The van der Waals surface area contributed by atoms with Gasteiger partial charge in [0.05, 0.1) is 21.1 Å². The van der Waals surface area contributed by atoms with Gasteiger partial charge in [0.2, 0.25) is 0 Å². The lowest BCUT2D eigenvalue weighted by Gasteiger charge is -2.04. The van der Waals surface area contributed by atoms with Gasteiger partial charge in [0.25, 0.3) is 0 Å². The molecule has 4 nitrogen and oxygen atoms in total. The van der Waals surface area contributed by atoms with Crippen LogP contribution < -0.4 is 5.73 Å². The number of aryl methyl sites for hydroxylation is 1. The fourth-order valence-electron chi connectivity index (χ4n) is 1.98. The van der Waals surface area contributed by atoms with Crippen molar-refractivity contribution in [3.05, 3.63) is 41.0 Å².